The van der Waals surface area contributed by atoms with Gasteiger partial charge in [0.15, 0.2) is 0 Å². The number of hydrogen-bond donors (Lipinski definition) is 2. The molecule has 2 rings (SSSR count). The van der Waals surface area contributed by atoms with Gasteiger partial charge in [-0.2, -0.15) is 0 Å². The second-order valence-corrected chi connectivity index (χ2v) is 6.30. The number of carbonyl (C=O) groups excluding carboxylic acids is 1. The molecule has 1 aromatic rings. The molecule has 4 nitrogen and oxygen atoms in total. The van der Waals surface area contributed by atoms with E-state index >= 15 is 0 Å². The van der Waals surface area contributed by atoms with E-state index in [1.54, 1.807) is 0 Å². The number of amides is 1. The molecule has 2 N–H and O–H groups in total. The fourth-order valence-corrected chi connectivity index (χ4v) is 3.08. The maximum atomic E-state index is 12.3. The minimum absolute atomic E-state index is 0.104. The van der Waals surface area contributed by atoms with Gasteiger partial charge in [-0.25, -0.2) is 0 Å². The van der Waals surface area contributed by atoms with E-state index in [9.17, 15) is 9.90 Å². The van der Waals surface area contributed by atoms with E-state index in [4.69, 9.17) is 0 Å². The second kappa shape index (κ2) is 8.91. The molecule has 1 amide bonds. The predicted molar refractivity (Wildman–Crippen MR) is 88.4 cm³/mol. The first-order valence-corrected chi connectivity index (χ1v) is 8.37. The van der Waals surface area contributed by atoms with Crippen molar-refractivity contribution in [3.05, 3.63) is 35.9 Å². The van der Waals surface area contributed by atoms with Crippen LogP contribution >= 0.6 is 0 Å². The Morgan fingerprint density at radius 3 is 2.64 bits per heavy atom. The van der Waals surface area contributed by atoms with Crippen molar-refractivity contribution in [1.82, 2.24) is 10.2 Å². The Kier molecular flexibility index (Phi) is 6.87. The van der Waals surface area contributed by atoms with Crippen molar-refractivity contribution in [3.63, 3.8) is 0 Å². The number of nitrogens with one attached hydrogen (secondary N) is 1. The van der Waals surface area contributed by atoms with Crippen LogP contribution in [-0.4, -0.2) is 41.1 Å². The van der Waals surface area contributed by atoms with Gasteiger partial charge in [-0.15, -0.1) is 0 Å². The number of rotatable bonds is 8. The first kappa shape index (κ1) is 17.0. The normalized spacial score (nSPS) is 16.9. The van der Waals surface area contributed by atoms with Crippen molar-refractivity contribution >= 4 is 5.91 Å². The molecule has 0 radical (unpaired) electrons. The van der Waals surface area contributed by atoms with Crippen molar-refractivity contribution in [2.45, 2.75) is 57.7 Å². The average Bonchev–Trinajstić information content (AvgIpc) is 3.00. The zero-order valence-electron chi connectivity index (χ0n) is 13.5. The van der Waals surface area contributed by atoms with Crippen molar-refractivity contribution in [2.24, 2.45) is 0 Å². The number of hydrogen-bond acceptors (Lipinski definition) is 3. The summed E-state index contributed by atoms with van der Waals surface area (Å²) in [6, 6.07) is 10.7. The van der Waals surface area contributed by atoms with Gasteiger partial charge >= 0.3 is 0 Å². The lowest BCUT2D eigenvalue weighted by Gasteiger charge is -2.29. The van der Waals surface area contributed by atoms with Gasteiger partial charge in [-0.05, 0) is 31.7 Å². The lowest BCUT2D eigenvalue weighted by molar-refractivity contribution is -0.123. The zero-order valence-corrected chi connectivity index (χ0v) is 13.5. The van der Waals surface area contributed by atoms with Crippen molar-refractivity contribution < 1.29 is 9.90 Å². The molecule has 22 heavy (non-hydrogen) atoms. The first-order chi connectivity index (χ1) is 10.7. The molecule has 1 saturated carbocycles. The molecule has 1 unspecified atom stereocenters. The van der Waals surface area contributed by atoms with Gasteiger partial charge in [0.1, 0.15) is 0 Å². The molecule has 1 aromatic carbocycles. The van der Waals surface area contributed by atoms with Crippen molar-refractivity contribution in [3.8, 4) is 0 Å². The van der Waals surface area contributed by atoms with Crippen LogP contribution in [0.3, 0.4) is 0 Å². The molecular weight excluding hydrogens is 276 g/mol. The van der Waals surface area contributed by atoms with Crippen LogP contribution in [0.5, 0.6) is 0 Å². The summed E-state index contributed by atoms with van der Waals surface area (Å²) in [6.07, 6.45) is 5.34. The Hall–Kier alpha value is -1.39. The molecule has 0 bridgehead atoms. The number of benzene rings is 1. The third-order valence-corrected chi connectivity index (χ3v) is 4.47. The molecular formula is C18H28N2O2. The average molecular weight is 304 g/mol. The maximum Gasteiger partial charge on any atom is 0.234 e. The van der Waals surface area contributed by atoms with Gasteiger partial charge in [0, 0.05) is 25.2 Å². The Balaban J connectivity index is 1.92. The highest BCUT2D eigenvalue weighted by Gasteiger charge is 2.21. The van der Waals surface area contributed by atoms with Gasteiger partial charge < -0.3 is 10.4 Å². The molecule has 0 heterocycles. The number of aliphatic hydroxyl groups is 1. The molecule has 0 saturated heterocycles. The molecule has 1 atom stereocenters. The number of aliphatic hydroxyl groups excluding tert-OH is 1. The van der Waals surface area contributed by atoms with Crippen LogP contribution in [0.2, 0.25) is 0 Å². The Bertz CT molecular complexity index is 444. The highest BCUT2D eigenvalue weighted by molar-refractivity contribution is 5.78. The van der Waals surface area contributed by atoms with Crippen LogP contribution in [0.4, 0.5) is 0 Å². The van der Waals surface area contributed by atoms with Gasteiger partial charge in [0.05, 0.1) is 6.54 Å². The highest BCUT2D eigenvalue weighted by atomic mass is 16.3. The lowest BCUT2D eigenvalue weighted by Crippen LogP contribution is -2.44. The summed E-state index contributed by atoms with van der Waals surface area (Å²) in [4.78, 5) is 14.4. The van der Waals surface area contributed by atoms with Gasteiger partial charge in [-0.1, -0.05) is 43.2 Å². The fourth-order valence-electron chi connectivity index (χ4n) is 3.08. The molecule has 1 aliphatic carbocycles. The zero-order chi connectivity index (χ0) is 15.8. The van der Waals surface area contributed by atoms with E-state index in [1.165, 1.54) is 18.4 Å². The van der Waals surface area contributed by atoms with Crippen molar-refractivity contribution in [2.75, 3.05) is 13.2 Å². The van der Waals surface area contributed by atoms with E-state index in [1.807, 2.05) is 18.2 Å². The SMILES string of the molecule is CC(CCO)N(CC(=O)NC1CCCC1)Cc1ccccc1. The summed E-state index contributed by atoms with van der Waals surface area (Å²) >= 11 is 0. The van der Waals surface area contributed by atoms with E-state index in [0.29, 0.717) is 19.0 Å². The molecule has 0 spiro atoms. The monoisotopic (exact) mass is 304 g/mol. The standard InChI is InChI=1S/C18H28N2O2/c1-15(11-12-21)20(13-16-7-3-2-4-8-16)14-18(22)19-17-9-5-6-10-17/h2-4,7-8,15,17,21H,5-6,9-14H2,1H3,(H,19,22). The number of carbonyl (C=O) groups is 1. The summed E-state index contributed by atoms with van der Waals surface area (Å²) in [5, 5.41) is 12.3. The molecule has 1 fully saturated rings. The van der Waals surface area contributed by atoms with Crippen LogP contribution in [-0.2, 0) is 11.3 Å². The quantitative estimate of drug-likeness (QED) is 0.775. The van der Waals surface area contributed by atoms with Crippen LogP contribution in [0.25, 0.3) is 0 Å². The summed E-state index contributed by atoms with van der Waals surface area (Å²) in [5.41, 5.74) is 1.20. The van der Waals surface area contributed by atoms with Crippen molar-refractivity contribution in [1.29, 1.82) is 0 Å². The van der Waals surface area contributed by atoms with E-state index < -0.39 is 0 Å². The minimum Gasteiger partial charge on any atom is -0.396 e. The largest absolute Gasteiger partial charge is 0.396 e. The van der Waals surface area contributed by atoms with Crippen LogP contribution in [0.15, 0.2) is 30.3 Å². The topological polar surface area (TPSA) is 52.6 Å². The molecule has 122 valence electrons. The summed E-state index contributed by atoms with van der Waals surface area (Å²) in [6.45, 7) is 3.35. The smallest absolute Gasteiger partial charge is 0.234 e. The Morgan fingerprint density at radius 1 is 1.32 bits per heavy atom. The van der Waals surface area contributed by atoms with Crippen LogP contribution in [0.1, 0.15) is 44.6 Å². The second-order valence-electron chi connectivity index (χ2n) is 6.30. The summed E-state index contributed by atoms with van der Waals surface area (Å²) < 4.78 is 0. The van der Waals surface area contributed by atoms with E-state index in [2.05, 4.69) is 29.3 Å². The lowest BCUT2D eigenvalue weighted by atomic mass is 10.1. The van der Waals surface area contributed by atoms with Gasteiger partial charge in [-0.3, -0.25) is 9.69 Å². The molecule has 0 aromatic heterocycles. The molecule has 0 aliphatic heterocycles. The van der Waals surface area contributed by atoms with E-state index in [-0.39, 0.29) is 18.6 Å². The predicted octanol–water partition coefficient (Wildman–Crippen LogP) is 2.32. The Morgan fingerprint density at radius 2 is 2.00 bits per heavy atom. The van der Waals surface area contributed by atoms with Gasteiger partial charge in [0.2, 0.25) is 5.91 Å². The number of nitrogens with zero attached hydrogens (tertiary/aromatic N) is 1. The Labute approximate surface area is 133 Å². The van der Waals surface area contributed by atoms with Crippen LogP contribution < -0.4 is 5.32 Å². The summed E-state index contributed by atoms with van der Waals surface area (Å²) in [5.74, 6) is 0.104. The highest BCUT2D eigenvalue weighted by Crippen LogP contribution is 2.18. The van der Waals surface area contributed by atoms with Gasteiger partial charge in [0.25, 0.3) is 0 Å². The minimum atomic E-state index is 0.104. The summed E-state index contributed by atoms with van der Waals surface area (Å²) in [7, 11) is 0. The third kappa shape index (κ3) is 5.43. The first-order valence-electron chi connectivity index (χ1n) is 8.37. The maximum absolute atomic E-state index is 12.3. The fraction of sp³-hybridized carbons (Fsp3) is 0.611. The van der Waals surface area contributed by atoms with E-state index in [0.717, 1.165) is 19.4 Å². The van der Waals surface area contributed by atoms with Crippen LogP contribution in [0, 0.1) is 0 Å². The molecule has 1 aliphatic rings. The third-order valence-electron chi connectivity index (χ3n) is 4.47. The molecule has 4 heteroatoms.